The maximum atomic E-state index is 13.2. The largest absolute Gasteiger partial charge is 0.493 e. The SMILES string of the molecule is CCN(CC)c1ccc(S(=O)(=O)N2CCOCC2)cc1NC(=O)CCOc1ccc(C)cc1C. The van der Waals surface area contributed by atoms with E-state index in [0.29, 0.717) is 32.0 Å². The van der Waals surface area contributed by atoms with Crippen LogP contribution in [-0.2, 0) is 19.6 Å². The summed E-state index contributed by atoms with van der Waals surface area (Å²) in [7, 11) is -3.68. The van der Waals surface area contributed by atoms with Gasteiger partial charge in [-0.05, 0) is 57.5 Å². The molecule has 0 bridgehead atoms. The van der Waals surface area contributed by atoms with Gasteiger partial charge in [-0.3, -0.25) is 4.79 Å². The number of sulfonamides is 1. The summed E-state index contributed by atoms with van der Waals surface area (Å²) in [6.45, 7) is 11.1. The Labute approximate surface area is 202 Å². The Bertz CT molecular complexity index is 1090. The van der Waals surface area contributed by atoms with Gasteiger partial charge in [0.15, 0.2) is 0 Å². The standard InChI is InChI=1S/C25H35N3O5S/c1-5-27(6-2)23-9-8-21(34(30,31)28-12-15-32-16-13-28)18-22(23)26-25(29)11-14-33-24-10-7-19(3)17-20(24)4/h7-10,17-18H,5-6,11-16H2,1-4H3,(H,26,29). The molecule has 3 rings (SSSR count). The predicted octanol–water partition coefficient (Wildman–Crippen LogP) is 3.58. The summed E-state index contributed by atoms with van der Waals surface area (Å²) >= 11 is 0. The van der Waals surface area contributed by atoms with Gasteiger partial charge in [-0.1, -0.05) is 17.7 Å². The Hall–Kier alpha value is -2.62. The summed E-state index contributed by atoms with van der Waals surface area (Å²) < 4.78 is 38.8. The van der Waals surface area contributed by atoms with Crippen LogP contribution in [0.4, 0.5) is 11.4 Å². The van der Waals surface area contributed by atoms with Gasteiger partial charge in [-0.25, -0.2) is 8.42 Å². The Morgan fingerprint density at radius 2 is 1.79 bits per heavy atom. The van der Waals surface area contributed by atoms with E-state index in [4.69, 9.17) is 9.47 Å². The molecule has 0 spiro atoms. The molecule has 1 fully saturated rings. The average Bonchev–Trinajstić information content (AvgIpc) is 2.82. The van der Waals surface area contributed by atoms with E-state index in [1.807, 2.05) is 45.9 Å². The summed E-state index contributed by atoms with van der Waals surface area (Å²) in [5.41, 5.74) is 3.44. The Kier molecular flexibility index (Phi) is 8.93. The number of carbonyl (C=O) groups excluding carboxylic acids is 1. The lowest BCUT2D eigenvalue weighted by Crippen LogP contribution is -2.40. The number of nitrogens with zero attached hydrogens (tertiary/aromatic N) is 2. The van der Waals surface area contributed by atoms with Crippen molar-refractivity contribution in [3.05, 3.63) is 47.5 Å². The summed E-state index contributed by atoms with van der Waals surface area (Å²) in [6.07, 6.45) is 0.144. The number of morpholine rings is 1. The van der Waals surface area contributed by atoms with Gasteiger partial charge < -0.3 is 19.7 Å². The highest BCUT2D eigenvalue weighted by Gasteiger charge is 2.27. The molecular weight excluding hydrogens is 454 g/mol. The molecule has 1 aliphatic rings. The fourth-order valence-corrected chi connectivity index (χ4v) is 5.41. The van der Waals surface area contributed by atoms with Gasteiger partial charge in [-0.2, -0.15) is 4.31 Å². The maximum absolute atomic E-state index is 13.2. The number of ether oxygens (including phenoxy) is 2. The van der Waals surface area contributed by atoms with Gasteiger partial charge in [0.2, 0.25) is 15.9 Å². The summed E-state index contributed by atoms with van der Waals surface area (Å²) in [4.78, 5) is 15.0. The molecule has 8 nitrogen and oxygen atoms in total. The van der Waals surface area contributed by atoms with Crippen LogP contribution in [0.15, 0.2) is 41.3 Å². The molecule has 2 aromatic carbocycles. The lowest BCUT2D eigenvalue weighted by Gasteiger charge is -2.28. The second-order valence-corrected chi connectivity index (χ2v) is 10.2. The zero-order valence-corrected chi connectivity index (χ0v) is 21.3. The molecule has 0 aliphatic carbocycles. The van der Waals surface area contributed by atoms with Gasteiger partial charge >= 0.3 is 0 Å². The highest BCUT2D eigenvalue weighted by molar-refractivity contribution is 7.89. The molecule has 1 saturated heterocycles. The van der Waals surface area contributed by atoms with Gasteiger partial charge in [0.25, 0.3) is 0 Å². The van der Waals surface area contributed by atoms with Crippen molar-refractivity contribution in [3.8, 4) is 5.75 Å². The molecule has 34 heavy (non-hydrogen) atoms. The molecule has 0 aromatic heterocycles. The Balaban J connectivity index is 1.76. The van der Waals surface area contributed by atoms with Crippen LogP contribution in [0.3, 0.4) is 0 Å². The monoisotopic (exact) mass is 489 g/mol. The Morgan fingerprint density at radius 1 is 1.09 bits per heavy atom. The smallest absolute Gasteiger partial charge is 0.243 e. The first-order valence-corrected chi connectivity index (χ1v) is 13.2. The topological polar surface area (TPSA) is 88.2 Å². The molecule has 0 saturated carbocycles. The van der Waals surface area contributed by atoms with Crippen LogP contribution in [0.5, 0.6) is 5.75 Å². The summed E-state index contributed by atoms with van der Waals surface area (Å²) in [5, 5.41) is 2.92. The average molecular weight is 490 g/mol. The normalized spacial score (nSPS) is 14.6. The molecule has 1 heterocycles. The summed E-state index contributed by atoms with van der Waals surface area (Å²) in [5.74, 6) is 0.514. The fourth-order valence-electron chi connectivity index (χ4n) is 3.98. The zero-order valence-electron chi connectivity index (χ0n) is 20.5. The van der Waals surface area contributed by atoms with Crippen LogP contribution in [-0.4, -0.2) is 64.6 Å². The van der Waals surface area contributed by atoms with Gasteiger partial charge in [0.1, 0.15) is 5.75 Å². The number of carbonyl (C=O) groups is 1. The molecule has 1 N–H and O–H groups in total. The van der Waals surface area contributed by atoms with Crippen molar-refractivity contribution in [3.63, 3.8) is 0 Å². The van der Waals surface area contributed by atoms with Crippen molar-refractivity contribution in [2.24, 2.45) is 0 Å². The second-order valence-electron chi connectivity index (χ2n) is 8.28. The molecule has 1 aliphatic heterocycles. The van der Waals surface area contributed by atoms with Gasteiger partial charge in [0.05, 0.1) is 42.5 Å². The first-order valence-electron chi connectivity index (χ1n) is 11.7. The first-order chi connectivity index (χ1) is 16.3. The van der Waals surface area contributed by atoms with Gasteiger partial charge in [0, 0.05) is 26.2 Å². The summed E-state index contributed by atoms with van der Waals surface area (Å²) in [6, 6.07) is 10.8. The van der Waals surface area contributed by atoms with Crippen LogP contribution in [0, 0.1) is 13.8 Å². The number of aryl methyl sites for hydroxylation is 2. The van der Waals surface area contributed by atoms with Crippen LogP contribution in [0.2, 0.25) is 0 Å². The number of rotatable bonds is 10. The molecule has 186 valence electrons. The van der Waals surface area contributed by atoms with Crippen LogP contribution in [0.25, 0.3) is 0 Å². The first kappa shape index (κ1) is 26.0. The number of amides is 1. The minimum absolute atomic E-state index is 0.144. The van der Waals surface area contributed by atoms with E-state index in [0.717, 1.165) is 35.7 Å². The minimum atomic E-state index is -3.68. The number of benzene rings is 2. The molecular formula is C25H35N3O5S. The Morgan fingerprint density at radius 3 is 2.44 bits per heavy atom. The lowest BCUT2D eigenvalue weighted by molar-refractivity contribution is -0.116. The third kappa shape index (κ3) is 6.28. The van der Waals surface area contributed by atoms with E-state index in [-0.39, 0.29) is 23.8 Å². The third-order valence-electron chi connectivity index (χ3n) is 5.87. The third-order valence-corrected chi connectivity index (χ3v) is 7.77. The fraction of sp³-hybridized carbons (Fsp3) is 0.480. The van der Waals surface area contributed by atoms with Crippen LogP contribution in [0.1, 0.15) is 31.4 Å². The number of anilines is 2. The maximum Gasteiger partial charge on any atom is 0.243 e. The number of nitrogens with one attached hydrogen (secondary N) is 1. The molecule has 9 heteroatoms. The van der Waals surface area contributed by atoms with Crippen molar-refractivity contribution in [1.29, 1.82) is 0 Å². The van der Waals surface area contributed by atoms with Crippen LogP contribution >= 0.6 is 0 Å². The number of hydrogen-bond acceptors (Lipinski definition) is 6. The highest BCUT2D eigenvalue weighted by Crippen LogP contribution is 2.31. The quantitative estimate of drug-likeness (QED) is 0.549. The van der Waals surface area contributed by atoms with Crippen molar-refractivity contribution in [2.75, 3.05) is 56.2 Å². The minimum Gasteiger partial charge on any atom is -0.493 e. The van der Waals surface area contributed by atoms with Crippen molar-refractivity contribution in [2.45, 2.75) is 39.0 Å². The van der Waals surface area contributed by atoms with Gasteiger partial charge in [-0.15, -0.1) is 0 Å². The predicted molar refractivity (Wildman–Crippen MR) is 134 cm³/mol. The van der Waals surface area contributed by atoms with Crippen molar-refractivity contribution >= 4 is 27.3 Å². The highest BCUT2D eigenvalue weighted by atomic mass is 32.2. The van der Waals surface area contributed by atoms with Crippen LogP contribution < -0.4 is 15.0 Å². The molecule has 2 aromatic rings. The van der Waals surface area contributed by atoms with E-state index in [9.17, 15) is 13.2 Å². The van der Waals surface area contributed by atoms with Crippen molar-refractivity contribution in [1.82, 2.24) is 4.31 Å². The number of hydrogen-bond donors (Lipinski definition) is 1. The zero-order chi connectivity index (χ0) is 24.7. The van der Waals surface area contributed by atoms with E-state index in [1.165, 1.54) is 4.31 Å². The second kappa shape index (κ2) is 11.7. The van der Waals surface area contributed by atoms with E-state index < -0.39 is 10.0 Å². The van der Waals surface area contributed by atoms with E-state index in [1.54, 1.807) is 18.2 Å². The molecule has 1 amide bonds. The van der Waals surface area contributed by atoms with E-state index >= 15 is 0 Å². The van der Waals surface area contributed by atoms with Crippen molar-refractivity contribution < 1.29 is 22.7 Å². The molecule has 0 unspecified atom stereocenters. The molecule has 0 atom stereocenters. The molecule has 0 radical (unpaired) electrons. The van der Waals surface area contributed by atoms with E-state index in [2.05, 4.69) is 10.2 Å². The lowest BCUT2D eigenvalue weighted by atomic mass is 10.1.